The molecule has 22 heavy (non-hydrogen) atoms. The van der Waals surface area contributed by atoms with E-state index in [0.29, 0.717) is 0 Å². The summed E-state index contributed by atoms with van der Waals surface area (Å²) < 4.78 is 6.20. The van der Waals surface area contributed by atoms with Crippen LogP contribution in [0.2, 0.25) is 0 Å². The first-order chi connectivity index (χ1) is 10.4. The molecule has 0 saturated carbocycles. The number of esters is 1. The van der Waals surface area contributed by atoms with Crippen LogP contribution >= 0.6 is 0 Å². The highest BCUT2D eigenvalue weighted by atomic mass is 16.5. The highest BCUT2D eigenvalue weighted by Crippen LogP contribution is 2.20. The number of ether oxygens (including phenoxy) is 1. The Morgan fingerprint density at radius 1 is 1.45 bits per heavy atom. The molecule has 0 aliphatic heterocycles. The number of rotatable bonds is 7. The Balaban J connectivity index is 3.04. The fourth-order valence-electron chi connectivity index (χ4n) is 1.90. The van der Waals surface area contributed by atoms with Gasteiger partial charge in [-0.1, -0.05) is 5.22 Å². The number of hydrogen-bond acceptors (Lipinski definition) is 6. The number of carbonyl (C=O) groups excluding carboxylic acids is 1. The normalized spacial score (nSPS) is 11.2. The van der Waals surface area contributed by atoms with Crippen LogP contribution in [0.15, 0.2) is 16.5 Å². The van der Waals surface area contributed by atoms with E-state index in [1.165, 1.54) is 10.9 Å². The number of nitriles is 1. The van der Waals surface area contributed by atoms with Crippen LogP contribution in [0, 0.1) is 11.3 Å². The molecule has 1 rings (SSSR count). The third-order valence-electron chi connectivity index (χ3n) is 2.82. The van der Waals surface area contributed by atoms with Gasteiger partial charge in [-0.05, 0) is 34.6 Å². The highest BCUT2D eigenvalue weighted by molar-refractivity contribution is 5.69. The fraction of sp³-hybridized carbons (Fsp3) is 0.643. The third kappa shape index (κ3) is 4.55. The van der Waals surface area contributed by atoms with Gasteiger partial charge in [0.05, 0.1) is 12.8 Å². The van der Waals surface area contributed by atoms with Gasteiger partial charge in [0.2, 0.25) is 0 Å². The minimum atomic E-state index is -0.434. The lowest BCUT2D eigenvalue weighted by molar-refractivity contribution is -0.144. The molecule has 0 aliphatic carbocycles. The molecule has 120 valence electrons. The first kappa shape index (κ1) is 17.6. The van der Waals surface area contributed by atoms with Crippen molar-refractivity contribution in [2.45, 2.75) is 53.2 Å². The van der Waals surface area contributed by atoms with Crippen LogP contribution in [0.1, 0.15) is 40.2 Å². The summed E-state index contributed by atoms with van der Waals surface area (Å²) in [5.74, 6) is -0.182. The summed E-state index contributed by atoms with van der Waals surface area (Å²) >= 11 is 0. The number of carbonyl (C=O) groups is 1. The van der Waals surface area contributed by atoms with E-state index in [2.05, 4.69) is 15.4 Å². The largest absolute Gasteiger partial charge is 0.465 e. The summed E-state index contributed by atoms with van der Waals surface area (Å²) in [4.78, 5) is 11.6. The van der Waals surface area contributed by atoms with Crippen molar-refractivity contribution in [2.24, 2.45) is 10.3 Å². The molecule has 8 nitrogen and oxygen atoms in total. The zero-order valence-electron chi connectivity index (χ0n) is 13.6. The molecule has 0 radical (unpaired) electrons. The van der Waals surface area contributed by atoms with Crippen molar-refractivity contribution in [3.05, 3.63) is 11.8 Å². The molecule has 0 unspecified atom stereocenters. The lowest BCUT2D eigenvalue weighted by Gasteiger charge is -2.25. The molecule has 0 bridgehead atoms. The summed E-state index contributed by atoms with van der Waals surface area (Å²) in [6.45, 7) is 9.91. The molecule has 0 atom stereocenters. The highest BCUT2D eigenvalue weighted by Gasteiger charge is 2.16. The van der Waals surface area contributed by atoms with Crippen molar-refractivity contribution in [1.82, 2.24) is 14.8 Å². The van der Waals surface area contributed by atoms with Crippen LogP contribution in [0.25, 0.3) is 0 Å². The number of aromatic nitrogens is 2. The predicted octanol–water partition coefficient (Wildman–Crippen LogP) is 2.44. The third-order valence-corrected chi connectivity index (χ3v) is 2.82. The van der Waals surface area contributed by atoms with Crippen molar-refractivity contribution < 1.29 is 9.53 Å². The smallest absolute Gasteiger partial charge is 0.327 e. The first-order valence-corrected chi connectivity index (χ1v) is 7.22. The van der Waals surface area contributed by atoms with E-state index < -0.39 is 5.97 Å². The van der Waals surface area contributed by atoms with Crippen LogP contribution < -0.4 is 0 Å². The van der Waals surface area contributed by atoms with Crippen molar-refractivity contribution >= 4 is 11.8 Å². The summed E-state index contributed by atoms with van der Waals surface area (Å²) in [5, 5.41) is 23.2. The second-order valence-electron chi connectivity index (χ2n) is 5.21. The van der Waals surface area contributed by atoms with Crippen LogP contribution in [-0.4, -0.2) is 39.4 Å². The molecule has 0 aliphatic rings. The second kappa shape index (κ2) is 8.12. The topological polar surface area (TPSA) is 95.9 Å². The summed E-state index contributed by atoms with van der Waals surface area (Å²) in [6.07, 6.45) is 1.36. The Hall–Kier alpha value is -2.43. The van der Waals surface area contributed by atoms with Gasteiger partial charge >= 0.3 is 5.97 Å². The maximum Gasteiger partial charge on any atom is 0.327 e. The molecular formula is C14H22N6O2. The Bertz CT molecular complexity index is 562. The minimum absolute atomic E-state index is 0.104. The molecule has 1 aromatic rings. The van der Waals surface area contributed by atoms with Gasteiger partial charge in [-0.3, -0.25) is 9.80 Å². The van der Waals surface area contributed by atoms with Crippen molar-refractivity contribution in [3.8, 4) is 6.07 Å². The van der Waals surface area contributed by atoms with Crippen LogP contribution in [0.4, 0.5) is 5.82 Å². The monoisotopic (exact) mass is 306 g/mol. The first-order valence-electron chi connectivity index (χ1n) is 7.22. The van der Waals surface area contributed by atoms with E-state index >= 15 is 0 Å². The molecule has 1 heterocycles. The maximum absolute atomic E-state index is 11.6. The van der Waals surface area contributed by atoms with Gasteiger partial charge in [0.1, 0.15) is 18.2 Å². The van der Waals surface area contributed by atoms with E-state index in [4.69, 9.17) is 10.00 Å². The fourth-order valence-corrected chi connectivity index (χ4v) is 1.90. The zero-order chi connectivity index (χ0) is 16.7. The minimum Gasteiger partial charge on any atom is -0.465 e. The standard InChI is InChI=1S/C14H22N6O2/c1-6-22-13(21)9-19-14(12(7-15)8-16-19)17-18-20(10(2)3)11(4)5/h8,10-11H,6,9H2,1-5H3/b18-17+. The van der Waals surface area contributed by atoms with E-state index in [9.17, 15) is 4.79 Å². The Labute approximate surface area is 130 Å². The molecule has 0 amide bonds. The maximum atomic E-state index is 11.6. The molecular weight excluding hydrogens is 284 g/mol. The average molecular weight is 306 g/mol. The summed E-state index contributed by atoms with van der Waals surface area (Å²) in [6, 6.07) is 2.32. The lowest BCUT2D eigenvalue weighted by atomic mass is 10.3. The van der Waals surface area contributed by atoms with Crippen LogP contribution in [0.3, 0.4) is 0 Å². The van der Waals surface area contributed by atoms with Gasteiger partial charge in [0.15, 0.2) is 5.82 Å². The Kier molecular flexibility index (Phi) is 6.50. The van der Waals surface area contributed by atoms with Gasteiger partial charge < -0.3 is 4.74 Å². The SMILES string of the molecule is CCOC(=O)Cn1ncc(C#N)c1/N=N/N(C(C)C)C(C)C. The van der Waals surface area contributed by atoms with Crippen molar-refractivity contribution in [3.63, 3.8) is 0 Å². The number of nitrogens with zero attached hydrogens (tertiary/aromatic N) is 6. The molecule has 0 aromatic carbocycles. The molecule has 1 aromatic heterocycles. The van der Waals surface area contributed by atoms with Crippen molar-refractivity contribution in [2.75, 3.05) is 6.61 Å². The number of hydrogen-bond donors (Lipinski definition) is 0. The van der Waals surface area contributed by atoms with Gasteiger partial charge in [-0.15, -0.1) is 5.11 Å². The Morgan fingerprint density at radius 3 is 2.59 bits per heavy atom. The molecule has 0 fully saturated rings. The van der Waals surface area contributed by atoms with Gasteiger partial charge in [-0.2, -0.15) is 10.4 Å². The quantitative estimate of drug-likeness (QED) is 0.438. The average Bonchev–Trinajstić information content (AvgIpc) is 2.80. The van der Waals surface area contributed by atoms with E-state index in [1.807, 2.05) is 38.8 Å². The van der Waals surface area contributed by atoms with E-state index in [-0.39, 0.29) is 36.6 Å². The van der Waals surface area contributed by atoms with Gasteiger partial charge in [0, 0.05) is 12.1 Å². The second-order valence-corrected chi connectivity index (χ2v) is 5.21. The van der Waals surface area contributed by atoms with E-state index in [1.54, 1.807) is 6.92 Å². The van der Waals surface area contributed by atoms with Crippen molar-refractivity contribution in [1.29, 1.82) is 5.26 Å². The summed E-state index contributed by atoms with van der Waals surface area (Å²) in [5.41, 5.74) is 0.264. The van der Waals surface area contributed by atoms with Crippen LogP contribution in [-0.2, 0) is 16.1 Å². The molecule has 8 heteroatoms. The summed E-state index contributed by atoms with van der Waals surface area (Å²) in [7, 11) is 0. The Morgan fingerprint density at radius 2 is 2.09 bits per heavy atom. The van der Waals surface area contributed by atoms with Crippen LogP contribution in [0.5, 0.6) is 0 Å². The van der Waals surface area contributed by atoms with E-state index in [0.717, 1.165) is 0 Å². The molecule has 0 spiro atoms. The zero-order valence-corrected chi connectivity index (χ0v) is 13.6. The predicted molar refractivity (Wildman–Crippen MR) is 80.2 cm³/mol. The molecule has 0 N–H and O–H groups in total. The molecule has 0 saturated heterocycles. The van der Waals surface area contributed by atoms with Gasteiger partial charge in [-0.25, -0.2) is 4.68 Å². The lowest BCUT2D eigenvalue weighted by Crippen LogP contribution is -2.31. The van der Waals surface area contributed by atoms with Gasteiger partial charge in [0.25, 0.3) is 0 Å².